The first-order valence-corrected chi connectivity index (χ1v) is 7.75. The van der Waals surface area contributed by atoms with Crippen LogP contribution in [0.25, 0.3) is 0 Å². The number of likely N-dealkylation sites (tertiary alicyclic amines) is 1. The minimum absolute atomic E-state index is 0.0113. The van der Waals surface area contributed by atoms with Gasteiger partial charge in [-0.3, -0.25) is 14.5 Å². The van der Waals surface area contributed by atoms with E-state index in [0.717, 1.165) is 0 Å². The second kappa shape index (κ2) is 10.0. The molecule has 0 aromatic carbocycles. The number of piperidine rings is 1. The number of aliphatic carboxylic acids is 2. The van der Waals surface area contributed by atoms with Crippen molar-refractivity contribution in [1.29, 1.82) is 0 Å². The number of rotatable bonds is 9. The average Bonchev–Trinajstić information content (AvgIpc) is 2.48. The Morgan fingerprint density at radius 2 is 1.87 bits per heavy atom. The molecule has 0 aromatic rings. The van der Waals surface area contributed by atoms with Crippen LogP contribution in [-0.2, 0) is 14.3 Å². The van der Waals surface area contributed by atoms with Crippen molar-refractivity contribution in [2.75, 3.05) is 26.2 Å². The molecule has 0 radical (unpaired) electrons. The lowest BCUT2D eigenvalue weighted by Gasteiger charge is -2.30. The summed E-state index contributed by atoms with van der Waals surface area (Å²) in [7, 11) is 0. The van der Waals surface area contributed by atoms with E-state index in [2.05, 4.69) is 5.32 Å². The molecule has 1 unspecified atom stereocenters. The summed E-state index contributed by atoms with van der Waals surface area (Å²) in [6.07, 6.45) is 2.16. The number of alkyl carbamates (subject to hydrolysis) is 1. The number of nitrogens with two attached hydrogens (primary N) is 1. The summed E-state index contributed by atoms with van der Waals surface area (Å²) in [5, 5.41) is 19.9. The van der Waals surface area contributed by atoms with Crippen molar-refractivity contribution >= 4 is 18.0 Å². The number of hydrogen-bond donors (Lipinski definition) is 4. The highest BCUT2D eigenvalue weighted by atomic mass is 16.6. The first-order valence-electron chi connectivity index (χ1n) is 7.75. The lowest BCUT2D eigenvalue weighted by Crippen LogP contribution is -2.41. The first kappa shape index (κ1) is 19.2. The third kappa shape index (κ3) is 8.36. The highest BCUT2D eigenvalue weighted by Gasteiger charge is 2.23. The molecule has 1 amide bonds. The fourth-order valence-electron chi connectivity index (χ4n) is 2.37. The Labute approximate surface area is 134 Å². The van der Waals surface area contributed by atoms with Gasteiger partial charge in [0.15, 0.2) is 0 Å². The lowest BCUT2D eigenvalue weighted by atomic mass is 10.1. The second-order valence-corrected chi connectivity index (χ2v) is 5.64. The van der Waals surface area contributed by atoms with E-state index in [-0.39, 0.29) is 12.6 Å². The number of ether oxygens (including phenoxy) is 1. The van der Waals surface area contributed by atoms with Gasteiger partial charge < -0.3 is 26.0 Å². The Hall–Kier alpha value is -1.87. The van der Waals surface area contributed by atoms with E-state index >= 15 is 0 Å². The van der Waals surface area contributed by atoms with Gasteiger partial charge in [0.1, 0.15) is 12.1 Å². The molecule has 5 N–H and O–H groups in total. The number of carbonyl (C=O) groups excluding carboxylic acids is 1. The highest BCUT2D eigenvalue weighted by molar-refractivity contribution is 5.73. The van der Waals surface area contributed by atoms with E-state index in [1.807, 2.05) is 4.90 Å². The van der Waals surface area contributed by atoms with E-state index in [4.69, 9.17) is 20.7 Å². The third-order valence-corrected chi connectivity index (χ3v) is 3.70. The van der Waals surface area contributed by atoms with Gasteiger partial charge in [-0.1, -0.05) is 0 Å². The summed E-state index contributed by atoms with van der Waals surface area (Å²) in [4.78, 5) is 34.6. The summed E-state index contributed by atoms with van der Waals surface area (Å²) < 4.78 is 5.27. The quantitative estimate of drug-likeness (QED) is 0.427. The Bertz CT molecular complexity index is 409. The Kier molecular flexibility index (Phi) is 8.35. The topological polar surface area (TPSA) is 142 Å². The second-order valence-electron chi connectivity index (χ2n) is 5.64. The molecule has 0 spiro atoms. The van der Waals surface area contributed by atoms with Gasteiger partial charge in [-0.15, -0.1) is 0 Å². The van der Waals surface area contributed by atoms with Crippen LogP contribution in [0.3, 0.4) is 0 Å². The molecule has 0 bridgehead atoms. The van der Waals surface area contributed by atoms with Crippen molar-refractivity contribution in [3.05, 3.63) is 0 Å². The maximum Gasteiger partial charge on any atom is 0.407 e. The van der Waals surface area contributed by atoms with Crippen molar-refractivity contribution in [3.63, 3.8) is 0 Å². The minimum Gasteiger partial charge on any atom is -0.480 e. The van der Waals surface area contributed by atoms with Gasteiger partial charge in [0.05, 0.1) is 6.54 Å². The molecule has 132 valence electrons. The van der Waals surface area contributed by atoms with Crippen LogP contribution in [0, 0.1) is 0 Å². The fourth-order valence-corrected chi connectivity index (χ4v) is 2.37. The molecule has 1 heterocycles. The van der Waals surface area contributed by atoms with Crippen molar-refractivity contribution in [3.8, 4) is 0 Å². The molecule has 0 aromatic heterocycles. The molecule has 0 aliphatic carbocycles. The van der Waals surface area contributed by atoms with Gasteiger partial charge in [-0.25, -0.2) is 4.79 Å². The summed E-state index contributed by atoms with van der Waals surface area (Å²) in [6.45, 7) is 1.61. The summed E-state index contributed by atoms with van der Waals surface area (Å²) in [5.41, 5.74) is 5.37. The van der Waals surface area contributed by atoms with E-state index in [0.29, 0.717) is 51.7 Å². The number of unbranched alkanes of at least 4 members (excludes halogenated alkanes) is 1. The van der Waals surface area contributed by atoms with Gasteiger partial charge in [0.2, 0.25) is 0 Å². The van der Waals surface area contributed by atoms with Crippen LogP contribution in [0.4, 0.5) is 4.79 Å². The molecule has 1 fully saturated rings. The molecule has 0 saturated carbocycles. The SMILES string of the molecule is NC(CCCCNC(=O)OC1CCN(CC(=O)O)CC1)C(=O)O. The summed E-state index contributed by atoms with van der Waals surface area (Å²) in [6, 6.07) is -0.863. The Balaban J connectivity index is 2.06. The Morgan fingerprint density at radius 1 is 1.22 bits per heavy atom. The molecule has 9 nitrogen and oxygen atoms in total. The number of nitrogens with zero attached hydrogens (tertiary/aromatic N) is 1. The number of nitrogens with one attached hydrogen (secondary N) is 1. The van der Waals surface area contributed by atoms with Gasteiger partial charge in [-0.2, -0.15) is 0 Å². The molecule has 1 aliphatic rings. The predicted molar refractivity (Wildman–Crippen MR) is 81.0 cm³/mol. The zero-order valence-corrected chi connectivity index (χ0v) is 13.1. The van der Waals surface area contributed by atoms with Crippen molar-refractivity contribution in [1.82, 2.24) is 10.2 Å². The standard InChI is InChI=1S/C14H25N3O6/c15-11(13(20)21)3-1-2-6-16-14(22)23-10-4-7-17(8-5-10)9-12(18)19/h10-11H,1-9,15H2,(H,16,22)(H,18,19)(H,20,21). The van der Waals surface area contributed by atoms with Gasteiger partial charge in [0, 0.05) is 19.6 Å². The van der Waals surface area contributed by atoms with Gasteiger partial charge in [0.25, 0.3) is 0 Å². The number of amides is 1. The van der Waals surface area contributed by atoms with Crippen LogP contribution in [-0.4, -0.2) is 71.5 Å². The molecule has 1 rings (SSSR count). The maximum atomic E-state index is 11.6. The highest BCUT2D eigenvalue weighted by Crippen LogP contribution is 2.13. The molecule has 1 saturated heterocycles. The molecule has 9 heteroatoms. The largest absolute Gasteiger partial charge is 0.480 e. The van der Waals surface area contributed by atoms with E-state index in [1.54, 1.807) is 0 Å². The van der Waals surface area contributed by atoms with Crippen LogP contribution in [0.2, 0.25) is 0 Å². The molecule has 23 heavy (non-hydrogen) atoms. The molecular weight excluding hydrogens is 306 g/mol. The minimum atomic E-state index is -1.02. The normalized spacial score (nSPS) is 17.4. The first-order chi connectivity index (χ1) is 10.9. The molecule has 1 aliphatic heterocycles. The van der Waals surface area contributed by atoms with Crippen LogP contribution >= 0.6 is 0 Å². The Morgan fingerprint density at radius 3 is 2.43 bits per heavy atom. The number of carboxylic acids is 2. The predicted octanol–water partition coefficient (Wildman–Crippen LogP) is -0.156. The summed E-state index contributed by atoms with van der Waals surface area (Å²) >= 11 is 0. The number of carbonyl (C=O) groups is 3. The maximum absolute atomic E-state index is 11.6. The van der Waals surface area contributed by atoms with E-state index in [9.17, 15) is 14.4 Å². The molecule has 1 atom stereocenters. The summed E-state index contributed by atoms with van der Waals surface area (Å²) in [5.74, 6) is -1.88. The van der Waals surface area contributed by atoms with Crippen LogP contribution < -0.4 is 11.1 Å². The lowest BCUT2D eigenvalue weighted by molar-refractivity contribution is -0.139. The van der Waals surface area contributed by atoms with Gasteiger partial charge in [-0.05, 0) is 32.1 Å². The smallest absolute Gasteiger partial charge is 0.407 e. The van der Waals surface area contributed by atoms with Crippen LogP contribution in [0.5, 0.6) is 0 Å². The van der Waals surface area contributed by atoms with Crippen LogP contribution in [0.15, 0.2) is 0 Å². The van der Waals surface area contributed by atoms with Crippen molar-refractivity contribution in [2.45, 2.75) is 44.2 Å². The van der Waals surface area contributed by atoms with E-state index in [1.165, 1.54) is 0 Å². The molecular formula is C14H25N3O6. The van der Waals surface area contributed by atoms with E-state index < -0.39 is 24.1 Å². The number of carboxylic acid groups (broad SMARTS) is 2. The third-order valence-electron chi connectivity index (χ3n) is 3.70. The fraction of sp³-hybridized carbons (Fsp3) is 0.786. The van der Waals surface area contributed by atoms with Crippen LogP contribution in [0.1, 0.15) is 32.1 Å². The average molecular weight is 331 g/mol. The van der Waals surface area contributed by atoms with Gasteiger partial charge >= 0.3 is 18.0 Å². The monoisotopic (exact) mass is 331 g/mol. The zero-order chi connectivity index (χ0) is 17.2. The van der Waals surface area contributed by atoms with Crippen molar-refractivity contribution < 1.29 is 29.3 Å². The van der Waals surface area contributed by atoms with Crippen molar-refractivity contribution in [2.24, 2.45) is 5.73 Å². The number of hydrogen-bond acceptors (Lipinski definition) is 6. The zero-order valence-electron chi connectivity index (χ0n) is 13.1.